The maximum Gasteiger partial charge on any atom is 0.411 e. The molecule has 0 unspecified atom stereocenters. The van der Waals surface area contributed by atoms with E-state index in [1.807, 2.05) is 0 Å². The Morgan fingerprint density at radius 3 is 2.32 bits per heavy atom. The van der Waals surface area contributed by atoms with Crippen molar-refractivity contribution in [2.45, 2.75) is 0 Å². The first-order chi connectivity index (χ1) is 10.6. The van der Waals surface area contributed by atoms with Crippen molar-refractivity contribution in [2.24, 2.45) is 0 Å². The lowest BCUT2D eigenvalue weighted by Crippen LogP contribution is -2.19. The van der Waals surface area contributed by atoms with Crippen LogP contribution in [0.4, 0.5) is 26.7 Å². The summed E-state index contributed by atoms with van der Waals surface area (Å²) < 4.78 is 4.50. The van der Waals surface area contributed by atoms with Crippen LogP contribution in [0.5, 0.6) is 0 Å². The van der Waals surface area contributed by atoms with Crippen LogP contribution in [0.3, 0.4) is 0 Å². The van der Waals surface area contributed by atoms with Crippen LogP contribution in [0, 0.1) is 0 Å². The predicted octanol–water partition coefficient (Wildman–Crippen LogP) is 4.16. The average Bonchev–Trinajstić information content (AvgIpc) is 2.50. The van der Waals surface area contributed by atoms with Crippen molar-refractivity contribution in [3.8, 4) is 0 Å². The normalized spacial score (nSPS) is 9.73. The number of hydrogen-bond acceptors (Lipinski definition) is 3. The van der Waals surface area contributed by atoms with Crippen molar-refractivity contribution in [2.75, 3.05) is 23.1 Å². The summed E-state index contributed by atoms with van der Waals surface area (Å²) >= 11 is 5.97. The monoisotopic (exact) mass is 319 g/mol. The Labute approximate surface area is 132 Å². The van der Waals surface area contributed by atoms with Crippen LogP contribution in [-0.2, 0) is 4.74 Å². The molecule has 0 saturated heterocycles. The van der Waals surface area contributed by atoms with Gasteiger partial charge in [-0.15, -0.1) is 0 Å². The fourth-order valence-corrected chi connectivity index (χ4v) is 1.87. The number of anilines is 3. The smallest absolute Gasteiger partial charge is 0.411 e. The van der Waals surface area contributed by atoms with Crippen LogP contribution in [0.25, 0.3) is 0 Å². The largest absolute Gasteiger partial charge is 0.453 e. The zero-order chi connectivity index (χ0) is 15.9. The maximum atomic E-state index is 11.9. The molecule has 0 spiro atoms. The maximum absolute atomic E-state index is 11.9. The van der Waals surface area contributed by atoms with E-state index in [1.54, 1.807) is 48.5 Å². The molecule has 2 aromatic rings. The number of ether oxygens (including phenoxy) is 1. The van der Waals surface area contributed by atoms with E-state index < -0.39 is 12.1 Å². The molecule has 0 aliphatic heterocycles. The van der Waals surface area contributed by atoms with E-state index >= 15 is 0 Å². The Morgan fingerprint density at radius 1 is 0.955 bits per heavy atom. The SMILES string of the molecule is COC(=O)Nc1cccc(NC(=O)Nc2ccccc2Cl)c1. The first-order valence-corrected chi connectivity index (χ1v) is 6.74. The standard InChI is InChI=1S/C15H14ClN3O3/c1-22-15(21)18-11-6-4-5-10(9-11)17-14(20)19-13-8-3-2-7-12(13)16/h2-9H,1H3,(H,18,21)(H2,17,19,20). The van der Waals surface area contributed by atoms with Gasteiger partial charge in [0.1, 0.15) is 0 Å². The second-order valence-electron chi connectivity index (χ2n) is 4.26. The Bertz CT molecular complexity index is 691. The second kappa shape index (κ2) is 7.33. The number of para-hydroxylation sites is 1. The topological polar surface area (TPSA) is 79.5 Å². The van der Waals surface area contributed by atoms with Crippen molar-refractivity contribution >= 4 is 40.8 Å². The van der Waals surface area contributed by atoms with Crippen LogP contribution >= 0.6 is 11.6 Å². The predicted molar refractivity (Wildman–Crippen MR) is 86.6 cm³/mol. The molecule has 6 nitrogen and oxygen atoms in total. The first kappa shape index (κ1) is 15.7. The number of halogens is 1. The number of hydrogen-bond donors (Lipinski definition) is 3. The van der Waals surface area contributed by atoms with E-state index in [1.165, 1.54) is 7.11 Å². The zero-order valence-corrected chi connectivity index (χ0v) is 12.5. The lowest BCUT2D eigenvalue weighted by Gasteiger charge is -2.10. The van der Waals surface area contributed by atoms with Gasteiger partial charge in [-0.25, -0.2) is 9.59 Å². The van der Waals surface area contributed by atoms with Crippen molar-refractivity contribution in [3.05, 3.63) is 53.6 Å². The summed E-state index contributed by atoms with van der Waals surface area (Å²) in [5.41, 5.74) is 1.52. The summed E-state index contributed by atoms with van der Waals surface area (Å²) in [5, 5.41) is 8.24. The summed E-state index contributed by atoms with van der Waals surface area (Å²) in [6.07, 6.45) is -0.585. The summed E-state index contributed by atoms with van der Waals surface area (Å²) in [7, 11) is 1.27. The molecule has 0 heterocycles. The molecular formula is C15H14ClN3O3. The van der Waals surface area contributed by atoms with Crippen molar-refractivity contribution < 1.29 is 14.3 Å². The lowest BCUT2D eigenvalue weighted by atomic mass is 10.3. The van der Waals surface area contributed by atoms with Gasteiger partial charge < -0.3 is 15.4 Å². The van der Waals surface area contributed by atoms with Crippen LogP contribution in [0.2, 0.25) is 5.02 Å². The van der Waals surface area contributed by atoms with Gasteiger partial charge in [0.2, 0.25) is 0 Å². The zero-order valence-electron chi connectivity index (χ0n) is 11.7. The molecule has 0 saturated carbocycles. The molecule has 0 aliphatic carbocycles. The lowest BCUT2D eigenvalue weighted by molar-refractivity contribution is 0.187. The molecule has 2 rings (SSSR count). The number of methoxy groups -OCH3 is 1. The Balaban J connectivity index is 2.01. The van der Waals surface area contributed by atoms with E-state index in [0.717, 1.165) is 0 Å². The third kappa shape index (κ3) is 4.39. The highest BCUT2D eigenvalue weighted by Gasteiger charge is 2.06. The first-order valence-electron chi connectivity index (χ1n) is 6.36. The van der Waals surface area contributed by atoms with E-state index in [4.69, 9.17) is 11.6 Å². The number of carbonyl (C=O) groups excluding carboxylic acids is 2. The van der Waals surface area contributed by atoms with Gasteiger partial charge in [-0.2, -0.15) is 0 Å². The third-order valence-electron chi connectivity index (χ3n) is 2.67. The number of amides is 3. The number of carbonyl (C=O) groups is 2. The molecule has 0 aliphatic rings. The molecule has 2 aromatic carbocycles. The third-order valence-corrected chi connectivity index (χ3v) is 3.00. The van der Waals surface area contributed by atoms with Crippen molar-refractivity contribution in [1.29, 1.82) is 0 Å². The Morgan fingerprint density at radius 2 is 1.64 bits per heavy atom. The Kier molecular flexibility index (Phi) is 5.21. The minimum absolute atomic E-state index is 0.441. The van der Waals surface area contributed by atoms with Gasteiger partial charge in [0, 0.05) is 11.4 Å². The molecule has 3 amide bonds. The molecule has 0 bridgehead atoms. The summed E-state index contributed by atoms with van der Waals surface area (Å²) in [6, 6.07) is 13.1. The van der Waals surface area contributed by atoms with Crippen LogP contribution in [0.1, 0.15) is 0 Å². The van der Waals surface area contributed by atoms with E-state index in [9.17, 15) is 9.59 Å². The molecule has 0 aromatic heterocycles. The molecule has 0 fully saturated rings. The van der Waals surface area contributed by atoms with Gasteiger partial charge in [0.25, 0.3) is 0 Å². The number of nitrogens with one attached hydrogen (secondary N) is 3. The summed E-state index contributed by atoms with van der Waals surface area (Å²) in [6.45, 7) is 0. The Hall–Kier alpha value is -2.73. The van der Waals surface area contributed by atoms with E-state index in [2.05, 4.69) is 20.7 Å². The second-order valence-corrected chi connectivity index (χ2v) is 4.66. The van der Waals surface area contributed by atoms with Gasteiger partial charge >= 0.3 is 12.1 Å². The fraction of sp³-hybridized carbons (Fsp3) is 0.0667. The molecule has 0 radical (unpaired) electrons. The van der Waals surface area contributed by atoms with Gasteiger partial charge in [-0.05, 0) is 30.3 Å². The van der Waals surface area contributed by atoms with Crippen LogP contribution in [-0.4, -0.2) is 19.2 Å². The highest BCUT2D eigenvalue weighted by Crippen LogP contribution is 2.21. The van der Waals surface area contributed by atoms with Gasteiger partial charge in [0.15, 0.2) is 0 Å². The van der Waals surface area contributed by atoms with E-state index in [0.29, 0.717) is 22.1 Å². The summed E-state index contributed by atoms with van der Waals surface area (Å²) in [5.74, 6) is 0. The van der Waals surface area contributed by atoms with Gasteiger partial charge in [-0.3, -0.25) is 5.32 Å². The van der Waals surface area contributed by atoms with Gasteiger partial charge in [-0.1, -0.05) is 29.8 Å². The number of rotatable bonds is 3. The van der Waals surface area contributed by atoms with Crippen molar-refractivity contribution in [1.82, 2.24) is 0 Å². The van der Waals surface area contributed by atoms with E-state index in [-0.39, 0.29) is 0 Å². The highest BCUT2D eigenvalue weighted by atomic mass is 35.5. The van der Waals surface area contributed by atoms with Crippen molar-refractivity contribution in [3.63, 3.8) is 0 Å². The molecule has 114 valence electrons. The molecule has 0 atom stereocenters. The van der Waals surface area contributed by atoms with Gasteiger partial charge in [0.05, 0.1) is 17.8 Å². The molecular weight excluding hydrogens is 306 g/mol. The highest BCUT2D eigenvalue weighted by molar-refractivity contribution is 6.33. The molecule has 22 heavy (non-hydrogen) atoms. The molecule has 3 N–H and O–H groups in total. The molecule has 7 heteroatoms. The minimum Gasteiger partial charge on any atom is -0.453 e. The fourth-order valence-electron chi connectivity index (χ4n) is 1.69. The quantitative estimate of drug-likeness (QED) is 0.794. The van der Waals surface area contributed by atoms with Crippen LogP contribution < -0.4 is 16.0 Å². The minimum atomic E-state index is -0.585. The number of urea groups is 1. The average molecular weight is 320 g/mol. The number of benzene rings is 2. The van der Waals surface area contributed by atoms with Crippen LogP contribution in [0.15, 0.2) is 48.5 Å². The summed E-state index contributed by atoms with van der Waals surface area (Å²) in [4.78, 5) is 23.1.